The predicted molar refractivity (Wildman–Crippen MR) is 134 cm³/mol. The average Bonchev–Trinajstić information content (AvgIpc) is 3.18. The van der Waals surface area contributed by atoms with Crippen molar-refractivity contribution in [2.24, 2.45) is 0 Å². The lowest BCUT2D eigenvalue weighted by molar-refractivity contribution is -0.132. The van der Waals surface area contributed by atoms with E-state index in [9.17, 15) is 22.8 Å². The van der Waals surface area contributed by atoms with E-state index in [1.807, 2.05) is 4.90 Å². The summed E-state index contributed by atoms with van der Waals surface area (Å²) in [6, 6.07) is 13.4. The Labute approximate surface area is 204 Å². The lowest BCUT2D eigenvalue weighted by atomic mass is 10.1. The van der Waals surface area contributed by atoms with E-state index >= 15 is 0 Å². The Bertz CT molecular complexity index is 1370. The third-order valence-corrected chi connectivity index (χ3v) is 7.53. The Balaban J connectivity index is 1.53. The third kappa shape index (κ3) is 5.89. The quantitative estimate of drug-likeness (QED) is 0.521. The van der Waals surface area contributed by atoms with Gasteiger partial charge in [-0.15, -0.1) is 0 Å². The standard InChI is InChI=1S/C25H28N4O5S/c1-18(30)26-19-8-7-9-20(14-19)27-24(31)17-35(33,34)23-15-29(22-11-4-3-10-21(22)23)16-25(32)28-12-5-2-6-13-28/h3-4,7-11,14-15H,2,5-6,12-13,16-17H2,1H3,(H,26,30)(H,27,31). The molecular weight excluding hydrogens is 468 g/mol. The molecule has 2 heterocycles. The summed E-state index contributed by atoms with van der Waals surface area (Å²) < 4.78 is 28.1. The summed E-state index contributed by atoms with van der Waals surface area (Å²) in [5.41, 5.74) is 1.48. The van der Waals surface area contributed by atoms with Crippen LogP contribution in [0.15, 0.2) is 59.6 Å². The minimum atomic E-state index is -4.00. The Hall–Kier alpha value is -3.66. The van der Waals surface area contributed by atoms with Gasteiger partial charge in [0.15, 0.2) is 9.84 Å². The molecule has 1 aromatic heterocycles. The molecule has 0 unspecified atom stereocenters. The van der Waals surface area contributed by atoms with Crippen LogP contribution < -0.4 is 10.6 Å². The second kappa shape index (κ2) is 10.3. The Kier molecular flexibility index (Phi) is 7.20. The largest absolute Gasteiger partial charge is 0.341 e. The number of hydrogen-bond acceptors (Lipinski definition) is 5. The van der Waals surface area contributed by atoms with Crippen LogP contribution >= 0.6 is 0 Å². The summed E-state index contributed by atoms with van der Waals surface area (Å²) in [5, 5.41) is 5.66. The van der Waals surface area contributed by atoms with Crippen LogP contribution in [0, 0.1) is 0 Å². The van der Waals surface area contributed by atoms with Crippen LogP contribution in [-0.2, 0) is 30.8 Å². The zero-order valence-corrected chi connectivity index (χ0v) is 20.3. The van der Waals surface area contributed by atoms with Crippen molar-refractivity contribution in [2.45, 2.75) is 37.6 Å². The number of fused-ring (bicyclic) bond motifs is 1. The van der Waals surface area contributed by atoms with Crippen LogP contribution in [0.2, 0.25) is 0 Å². The Morgan fingerprint density at radius 1 is 0.914 bits per heavy atom. The monoisotopic (exact) mass is 496 g/mol. The summed E-state index contributed by atoms with van der Waals surface area (Å²) in [5.74, 6) is -1.77. The van der Waals surface area contributed by atoms with Crippen molar-refractivity contribution < 1.29 is 22.8 Å². The first-order valence-electron chi connectivity index (χ1n) is 11.5. The molecule has 35 heavy (non-hydrogen) atoms. The molecule has 3 amide bonds. The summed E-state index contributed by atoms with van der Waals surface area (Å²) in [6.45, 7) is 2.84. The normalized spacial score (nSPS) is 14.0. The van der Waals surface area contributed by atoms with Gasteiger partial charge in [0.2, 0.25) is 17.7 Å². The van der Waals surface area contributed by atoms with E-state index in [2.05, 4.69) is 10.6 Å². The van der Waals surface area contributed by atoms with E-state index in [1.165, 1.54) is 13.1 Å². The average molecular weight is 497 g/mol. The maximum absolute atomic E-state index is 13.2. The number of sulfone groups is 1. The van der Waals surface area contributed by atoms with Gasteiger partial charge in [-0.1, -0.05) is 24.3 Å². The van der Waals surface area contributed by atoms with E-state index in [1.54, 1.807) is 53.1 Å². The number of amides is 3. The maximum Gasteiger partial charge on any atom is 0.242 e. The highest BCUT2D eigenvalue weighted by Gasteiger charge is 2.26. The number of carbonyl (C=O) groups excluding carboxylic acids is 3. The number of aromatic nitrogens is 1. The number of rotatable bonds is 7. The minimum Gasteiger partial charge on any atom is -0.341 e. The number of anilines is 2. The van der Waals surface area contributed by atoms with E-state index < -0.39 is 21.5 Å². The van der Waals surface area contributed by atoms with Crippen molar-refractivity contribution in [2.75, 3.05) is 29.5 Å². The topological polar surface area (TPSA) is 118 Å². The highest BCUT2D eigenvalue weighted by Crippen LogP contribution is 2.27. The molecule has 1 aliphatic heterocycles. The molecular formula is C25H28N4O5S. The van der Waals surface area contributed by atoms with Crippen LogP contribution in [0.1, 0.15) is 26.2 Å². The molecule has 1 fully saturated rings. The Morgan fingerprint density at radius 2 is 1.60 bits per heavy atom. The van der Waals surface area contributed by atoms with Gasteiger partial charge < -0.3 is 20.1 Å². The molecule has 3 aromatic rings. The van der Waals surface area contributed by atoms with Crippen molar-refractivity contribution in [3.05, 3.63) is 54.7 Å². The fraction of sp³-hybridized carbons (Fsp3) is 0.320. The van der Waals surface area contributed by atoms with E-state index in [-0.39, 0.29) is 23.3 Å². The highest BCUT2D eigenvalue weighted by atomic mass is 32.2. The first-order valence-corrected chi connectivity index (χ1v) is 13.1. The summed E-state index contributed by atoms with van der Waals surface area (Å²) in [7, 11) is -4.00. The molecule has 1 saturated heterocycles. The summed E-state index contributed by atoms with van der Waals surface area (Å²) in [6.07, 6.45) is 4.51. The molecule has 184 valence electrons. The zero-order chi connectivity index (χ0) is 25.0. The zero-order valence-electron chi connectivity index (χ0n) is 19.5. The molecule has 9 nitrogen and oxygen atoms in total. The van der Waals surface area contributed by atoms with Gasteiger partial charge in [-0.2, -0.15) is 0 Å². The molecule has 2 N–H and O–H groups in total. The predicted octanol–water partition coefficient (Wildman–Crippen LogP) is 3.02. The van der Waals surface area contributed by atoms with Crippen molar-refractivity contribution >= 4 is 49.8 Å². The molecule has 0 bridgehead atoms. The minimum absolute atomic E-state index is 0.0155. The van der Waals surface area contributed by atoms with E-state index in [0.717, 1.165) is 19.3 Å². The first-order chi connectivity index (χ1) is 16.7. The van der Waals surface area contributed by atoms with Crippen LogP contribution in [0.25, 0.3) is 10.9 Å². The van der Waals surface area contributed by atoms with E-state index in [4.69, 9.17) is 0 Å². The van der Waals surface area contributed by atoms with Gasteiger partial charge >= 0.3 is 0 Å². The lowest BCUT2D eigenvalue weighted by Crippen LogP contribution is -2.37. The molecule has 2 aromatic carbocycles. The summed E-state index contributed by atoms with van der Waals surface area (Å²) >= 11 is 0. The number of likely N-dealkylation sites (tertiary alicyclic amines) is 1. The molecule has 0 radical (unpaired) electrons. The smallest absolute Gasteiger partial charge is 0.242 e. The highest BCUT2D eigenvalue weighted by molar-refractivity contribution is 7.92. The number of hydrogen-bond donors (Lipinski definition) is 2. The fourth-order valence-corrected chi connectivity index (χ4v) is 5.67. The molecule has 4 rings (SSSR count). The van der Waals surface area contributed by atoms with Crippen LogP contribution in [0.4, 0.5) is 11.4 Å². The number of benzene rings is 2. The molecule has 10 heteroatoms. The van der Waals surface area contributed by atoms with Crippen LogP contribution in [0.5, 0.6) is 0 Å². The summed E-state index contributed by atoms with van der Waals surface area (Å²) in [4.78, 5) is 38.5. The Morgan fingerprint density at radius 3 is 2.31 bits per heavy atom. The molecule has 0 aliphatic carbocycles. The van der Waals surface area contributed by atoms with Crippen molar-refractivity contribution in [3.8, 4) is 0 Å². The van der Waals surface area contributed by atoms with Crippen molar-refractivity contribution in [1.82, 2.24) is 9.47 Å². The van der Waals surface area contributed by atoms with Crippen LogP contribution in [0.3, 0.4) is 0 Å². The molecule has 0 atom stereocenters. The fourth-order valence-electron chi connectivity index (χ4n) is 4.31. The maximum atomic E-state index is 13.2. The lowest BCUT2D eigenvalue weighted by Gasteiger charge is -2.27. The van der Waals surface area contributed by atoms with Gasteiger partial charge in [0, 0.05) is 48.5 Å². The molecule has 0 saturated carbocycles. The first kappa shape index (κ1) is 24.5. The molecule has 0 spiro atoms. The number of carbonyl (C=O) groups is 3. The third-order valence-electron chi connectivity index (χ3n) is 5.89. The van der Waals surface area contributed by atoms with Crippen molar-refractivity contribution in [3.63, 3.8) is 0 Å². The van der Waals surface area contributed by atoms with Gasteiger partial charge in [0.05, 0.1) is 4.90 Å². The van der Waals surface area contributed by atoms with Gasteiger partial charge in [0.1, 0.15) is 12.3 Å². The number of para-hydroxylation sites is 1. The van der Waals surface area contributed by atoms with Gasteiger partial charge in [0.25, 0.3) is 0 Å². The SMILES string of the molecule is CC(=O)Nc1cccc(NC(=O)CS(=O)(=O)c2cn(CC(=O)N3CCCCC3)c3ccccc23)c1. The number of nitrogens with one attached hydrogen (secondary N) is 2. The number of piperidine rings is 1. The second-order valence-electron chi connectivity index (χ2n) is 8.65. The van der Waals surface area contributed by atoms with Crippen LogP contribution in [-0.4, -0.2) is 54.4 Å². The van der Waals surface area contributed by atoms with Crippen molar-refractivity contribution in [1.29, 1.82) is 0 Å². The van der Waals surface area contributed by atoms with Gasteiger partial charge in [-0.05, 0) is 43.5 Å². The molecule has 1 aliphatic rings. The number of nitrogens with zero attached hydrogens (tertiary/aromatic N) is 2. The van der Waals surface area contributed by atoms with E-state index in [0.29, 0.717) is 35.4 Å². The van der Waals surface area contributed by atoms with Gasteiger partial charge in [-0.25, -0.2) is 8.42 Å². The van der Waals surface area contributed by atoms with Gasteiger partial charge in [-0.3, -0.25) is 14.4 Å². The second-order valence-corrected chi connectivity index (χ2v) is 10.6.